The molecule has 2 heterocycles. The molecule has 3 aromatic rings. The van der Waals surface area contributed by atoms with Crippen molar-refractivity contribution in [1.82, 2.24) is 19.9 Å². The maximum Gasteiger partial charge on any atom is 0.280 e. The molecule has 0 spiro atoms. The first kappa shape index (κ1) is 20.9. The van der Waals surface area contributed by atoms with E-state index in [0.29, 0.717) is 16.3 Å². The summed E-state index contributed by atoms with van der Waals surface area (Å²) >= 11 is 7.25. The van der Waals surface area contributed by atoms with Crippen LogP contribution in [0.15, 0.2) is 54.2 Å². The monoisotopic (exact) mass is 429 g/mol. The highest BCUT2D eigenvalue weighted by Gasteiger charge is 2.35. The molecule has 0 aliphatic heterocycles. The number of hydrogen-bond donors (Lipinski definition) is 1. The number of carbonyl (C=O) groups excluding carboxylic acids is 2. The minimum atomic E-state index is -0.954. The molecule has 1 aromatic carbocycles. The van der Waals surface area contributed by atoms with Crippen molar-refractivity contribution in [3.05, 3.63) is 70.5 Å². The highest BCUT2D eigenvalue weighted by molar-refractivity contribution is 7.03. The van der Waals surface area contributed by atoms with Crippen LogP contribution in [0.5, 0.6) is 0 Å². The quantitative estimate of drug-likeness (QED) is 0.664. The third-order valence-corrected chi connectivity index (χ3v) is 4.65. The number of carbonyl (C=O) groups is 2. The summed E-state index contributed by atoms with van der Waals surface area (Å²) in [5.74, 6) is -0.785. The number of anilines is 1. The molecule has 29 heavy (non-hydrogen) atoms. The molecule has 3 rings (SSSR count). The van der Waals surface area contributed by atoms with Gasteiger partial charge >= 0.3 is 0 Å². The van der Waals surface area contributed by atoms with Crippen LogP contribution in [-0.2, 0) is 4.79 Å². The summed E-state index contributed by atoms with van der Waals surface area (Å²) in [7, 11) is 0. The number of aromatic nitrogens is 3. The number of pyridine rings is 1. The molecule has 9 heteroatoms. The van der Waals surface area contributed by atoms with Gasteiger partial charge in [0.1, 0.15) is 6.04 Å². The van der Waals surface area contributed by atoms with E-state index in [9.17, 15) is 9.59 Å². The van der Waals surface area contributed by atoms with Crippen molar-refractivity contribution in [2.75, 3.05) is 4.90 Å². The van der Waals surface area contributed by atoms with Gasteiger partial charge in [-0.25, -0.2) is 0 Å². The fourth-order valence-corrected chi connectivity index (χ4v) is 3.41. The van der Waals surface area contributed by atoms with Crippen molar-refractivity contribution in [1.29, 1.82) is 0 Å². The molecule has 2 aromatic heterocycles. The molecule has 7 nitrogen and oxygen atoms in total. The van der Waals surface area contributed by atoms with Crippen LogP contribution < -0.4 is 10.2 Å². The Balaban J connectivity index is 2.16. The SMILES string of the molecule is CC(C)(C)NC(=O)C(c1ccncc1)N(C(=O)c1csnn1)c1cccc(Cl)c1. The van der Waals surface area contributed by atoms with Gasteiger partial charge in [0.25, 0.3) is 5.91 Å². The molecule has 0 saturated carbocycles. The highest BCUT2D eigenvalue weighted by Crippen LogP contribution is 2.31. The lowest BCUT2D eigenvalue weighted by Gasteiger charge is -2.33. The van der Waals surface area contributed by atoms with Crippen LogP contribution in [-0.4, -0.2) is 31.9 Å². The van der Waals surface area contributed by atoms with Gasteiger partial charge in [-0.2, -0.15) is 0 Å². The van der Waals surface area contributed by atoms with E-state index < -0.39 is 17.5 Å². The maximum atomic E-state index is 13.4. The summed E-state index contributed by atoms with van der Waals surface area (Å²) < 4.78 is 3.78. The Kier molecular flexibility index (Phi) is 6.24. The molecule has 0 fully saturated rings. The first-order chi connectivity index (χ1) is 13.8. The van der Waals surface area contributed by atoms with E-state index in [1.54, 1.807) is 54.2 Å². The lowest BCUT2D eigenvalue weighted by Crippen LogP contribution is -2.49. The zero-order valence-electron chi connectivity index (χ0n) is 16.2. The van der Waals surface area contributed by atoms with Crippen molar-refractivity contribution in [3.63, 3.8) is 0 Å². The summed E-state index contributed by atoms with van der Waals surface area (Å²) in [5, 5.41) is 8.85. The summed E-state index contributed by atoms with van der Waals surface area (Å²) in [6, 6.07) is 9.25. The van der Waals surface area contributed by atoms with Crippen molar-refractivity contribution in [3.8, 4) is 0 Å². The van der Waals surface area contributed by atoms with E-state index >= 15 is 0 Å². The largest absolute Gasteiger partial charge is 0.349 e. The zero-order valence-corrected chi connectivity index (χ0v) is 17.7. The van der Waals surface area contributed by atoms with Gasteiger partial charge in [-0.15, -0.1) is 5.10 Å². The van der Waals surface area contributed by atoms with Crippen LogP contribution in [0.4, 0.5) is 5.69 Å². The van der Waals surface area contributed by atoms with Crippen LogP contribution in [0, 0.1) is 0 Å². The standard InChI is InChI=1S/C20H20ClN5O2S/c1-20(2,3)23-18(27)17(13-7-9-22-10-8-13)26(15-6-4-5-14(21)11-15)19(28)16-12-29-25-24-16/h4-12,17H,1-3H3,(H,23,27). The summed E-state index contributed by atoms with van der Waals surface area (Å²) in [6.45, 7) is 5.64. The first-order valence-electron chi connectivity index (χ1n) is 8.84. The predicted octanol–water partition coefficient (Wildman–Crippen LogP) is 3.89. The van der Waals surface area contributed by atoms with E-state index in [2.05, 4.69) is 19.9 Å². The number of nitrogens with zero attached hydrogens (tertiary/aromatic N) is 4. The van der Waals surface area contributed by atoms with Crippen LogP contribution in [0.2, 0.25) is 5.02 Å². The van der Waals surface area contributed by atoms with E-state index in [-0.39, 0.29) is 11.6 Å². The van der Waals surface area contributed by atoms with Crippen LogP contribution in [0.3, 0.4) is 0 Å². The third kappa shape index (κ3) is 5.16. The average molecular weight is 430 g/mol. The zero-order chi connectivity index (χ0) is 21.0. The molecule has 1 unspecified atom stereocenters. The molecule has 1 N–H and O–H groups in total. The van der Waals surface area contributed by atoms with E-state index in [0.717, 1.165) is 11.5 Å². The fourth-order valence-electron chi connectivity index (χ4n) is 2.79. The van der Waals surface area contributed by atoms with Crippen molar-refractivity contribution in [2.45, 2.75) is 32.4 Å². The summed E-state index contributed by atoms with van der Waals surface area (Å²) in [4.78, 5) is 32.1. The Morgan fingerprint density at radius 2 is 1.90 bits per heavy atom. The first-order valence-corrected chi connectivity index (χ1v) is 10.1. The number of rotatable bonds is 5. The topological polar surface area (TPSA) is 88.1 Å². The number of hydrogen-bond acceptors (Lipinski definition) is 6. The molecule has 0 aliphatic carbocycles. The number of amides is 2. The van der Waals surface area contributed by atoms with Gasteiger partial charge < -0.3 is 5.32 Å². The number of halogens is 1. The van der Waals surface area contributed by atoms with Gasteiger partial charge in [0.2, 0.25) is 5.91 Å². The second-order valence-electron chi connectivity index (χ2n) is 7.37. The van der Waals surface area contributed by atoms with E-state index in [1.165, 1.54) is 4.90 Å². The second-order valence-corrected chi connectivity index (χ2v) is 8.41. The smallest absolute Gasteiger partial charge is 0.280 e. The molecule has 0 radical (unpaired) electrons. The van der Waals surface area contributed by atoms with Crippen LogP contribution in [0.1, 0.15) is 42.9 Å². The Morgan fingerprint density at radius 3 is 2.48 bits per heavy atom. The molecular weight excluding hydrogens is 410 g/mol. The molecule has 0 bridgehead atoms. The molecule has 1 atom stereocenters. The van der Waals surface area contributed by atoms with Gasteiger partial charge in [0, 0.05) is 34.0 Å². The Bertz CT molecular complexity index is 990. The van der Waals surface area contributed by atoms with Crippen LogP contribution >= 0.6 is 23.1 Å². The Labute approximate surface area is 177 Å². The minimum Gasteiger partial charge on any atom is -0.349 e. The number of nitrogens with one attached hydrogen (secondary N) is 1. The predicted molar refractivity (Wildman–Crippen MR) is 113 cm³/mol. The van der Waals surface area contributed by atoms with Gasteiger partial charge in [-0.05, 0) is 68.2 Å². The van der Waals surface area contributed by atoms with E-state index in [1.807, 2.05) is 20.8 Å². The van der Waals surface area contributed by atoms with Gasteiger partial charge in [0.15, 0.2) is 5.69 Å². The molecule has 0 aliphatic rings. The second kappa shape index (κ2) is 8.67. The van der Waals surface area contributed by atoms with Gasteiger partial charge in [-0.1, -0.05) is 22.2 Å². The lowest BCUT2D eigenvalue weighted by molar-refractivity contribution is -0.123. The summed E-state index contributed by atoms with van der Waals surface area (Å²) in [6.07, 6.45) is 3.16. The fraction of sp³-hybridized carbons (Fsp3) is 0.250. The van der Waals surface area contributed by atoms with Crippen molar-refractivity contribution >= 4 is 40.6 Å². The van der Waals surface area contributed by atoms with Gasteiger partial charge in [-0.3, -0.25) is 19.5 Å². The maximum absolute atomic E-state index is 13.4. The highest BCUT2D eigenvalue weighted by atomic mass is 35.5. The Hall–Kier alpha value is -2.84. The van der Waals surface area contributed by atoms with E-state index in [4.69, 9.17) is 11.6 Å². The molecule has 2 amide bonds. The van der Waals surface area contributed by atoms with Crippen molar-refractivity contribution in [2.24, 2.45) is 0 Å². The molecular formula is C20H20ClN5O2S. The third-order valence-electron chi connectivity index (χ3n) is 3.91. The molecule has 150 valence electrons. The van der Waals surface area contributed by atoms with Gasteiger partial charge in [0.05, 0.1) is 0 Å². The summed E-state index contributed by atoms with van der Waals surface area (Å²) in [5.41, 5.74) is 0.741. The minimum absolute atomic E-state index is 0.151. The number of benzene rings is 1. The van der Waals surface area contributed by atoms with Crippen LogP contribution in [0.25, 0.3) is 0 Å². The average Bonchev–Trinajstić information content (AvgIpc) is 3.19. The normalized spacial score (nSPS) is 12.3. The molecule has 0 saturated heterocycles. The lowest BCUT2D eigenvalue weighted by atomic mass is 10.0. The van der Waals surface area contributed by atoms with Crippen molar-refractivity contribution < 1.29 is 9.59 Å². The Morgan fingerprint density at radius 1 is 1.17 bits per heavy atom.